The number of hydrogen-bond acceptors (Lipinski definition) is 8. The van der Waals surface area contributed by atoms with Gasteiger partial charge in [-0.05, 0) is 44.0 Å². The van der Waals surface area contributed by atoms with E-state index < -0.39 is 18.2 Å². The topological polar surface area (TPSA) is 109 Å². The van der Waals surface area contributed by atoms with Crippen LogP contribution in [0, 0.1) is 0 Å². The maximum absolute atomic E-state index is 11.9. The third kappa shape index (κ3) is 8.60. The molecule has 1 aromatic carbocycles. The number of phenols is 1. The highest BCUT2D eigenvalue weighted by molar-refractivity contribution is 5.87. The Bertz CT molecular complexity index is 608. The smallest absolute Gasteiger partial charge is 0.330 e. The summed E-state index contributed by atoms with van der Waals surface area (Å²) in [5, 5.41) is 28.9. The van der Waals surface area contributed by atoms with Crippen LogP contribution >= 0.6 is 0 Å². The summed E-state index contributed by atoms with van der Waals surface area (Å²) in [6.45, 7) is 5.09. The Kier molecular flexibility index (Phi) is 10.4. The number of hydrogen-bond donors (Lipinski definition) is 3. The van der Waals surface area contributed by atoms with Crippen LogP contribution in [-0.4, -0.2) is 78.9 Å². The minimum Gasteiger partial charge on any atom is -0.502 e. The summed E-state index contributed by atoms with van der Waals surface area (Å²) < 4.78 is 15.3. The number of aliphatic hydroxyl groups excluding tert-OH is 2. The predicted octanol–water partition coefficient (Wildman–Crippen LogP) is 1.42. The van der Waals surface area contributed by atoms with Crippen molar-refractivity contribution in [3.05, 3.63) is 23.8 Å². The van der Waals surface area contributed by atoms with Gasteiger partial charge in [-0.3, -0.25) is 4.90 Å². The van der Waals surface area contributed by atoms with Gasteiger partial charge in [0.25, 0.3) is 0 Å². The van der Waals surface area contributed by atoms with Crippen LogP contribution in [0.5, 0.6) is 17.2 Å². The van der Waals surface area contributed by atoms with Gasteiger partial charge in [0.1, 0.15) is 0 Å². The number of esters is 1. The molecule has 0 saturated carbocycles. The zero-order chi connectivity index (χ0) is 21.1. The average molecular weight is 397 g/mol. The lowest BCUT2D eigenvalue weighted by atomic mass is 10.1. The van der Waals surface area contributed by atoms with E-state index in [1.54, 1.807) is 32.1 Å². The maximum atomic E-state index is 11.9. The summed E-state index contributed by atoms with van der Waals surface area (Å²) in [4.78, 5) is 13.8. The van der Waals surface area contributed by atoms with Gasteiger partial charge in [0, 0.05) is 25.7 Å². The highest BCUT2D eigenvalue weighted by Gasteiger charge is 2.12. The van der Waals surface area contributed by atoms with E-state index in [0.29, 0.717) is 31.6 Å². The Balaban J connectivity index is 2.52. The first-order valence-corrected chi connectivity index (χ1v) is 9.15. The van der Waals surface area contributed by atoms with Crippen molar-refractivity contribution in [3.8, 4) is 17.2 Å². The van der Waals surface area contributed by atoms with Crippen LogP contribution < -0.4 is 9.47 Å². The molecule has 3 N–H and O–H groups in total. The highest BCUT2D eigenvalue weighted by Crippen LogP contribution is 2.37. The van der Waals surface area contributed by atoms with Gasteiger partial charge in [-0.2, -0.15) is 0 Å². The third-order valence-corrected chi connectivity index (χ3v) is 3.82. The lowest BCUT2D eigenvalue weighted by molar-refractivity contribution is -0.137. The normalized spacial score (nSPS) is 13.5. The molecule has 0 heterocycles. The van der Waals surface area contributed by atoms with Crippen molar-refractivity contribution >= 4 is 12.0 Å². The number of nitrogens with zero attached hydrogens (tertiary/aromatic N) is 1. The van der Waals surface area contributed by atoms with Crippen LogP contribution in [0.2, 0.25) is 0 Å². The van der Waals surface area contributed by atoms with Crippen LogP contribution in [0.3, 0.4) is 0 Å². The van der Waals surface area contributed by atoms with Crippen LogP contribution in [0.4, 0.5) is 0 Å². The molecule has 0 bridgehead atoms. The first-order chi connectivity index (χ1) is 13.3. The number of carbonyl (C=O) groups is 1. The molecule has 8 nitrogen and oxygen atoms in total. The van der Waals surface area contributed by atoms with Gasteiger partial charge < -0.3 is 29.5 Å². The molecule has 2 unspecified atom stereocenters. The van der Waals surface area contributed by atoms with Crippen molar-refractivity contribution in [2.45, 2.75) is 32.5 Å². The molecule has 0 aliphatic rings. The summed E-state index contributed by atoms with van der Waals surface area (Å²) in [6.07, 6.45) is 2.42. The first kappa shape index (κ1) is 23.7. The molecule has 0 aliphatic heterocycles. The molecular formula is C20H31NO7. The average Bonchev–Trinajstić information content (AvgIpc) is 2.63. The van der Waals surface area contributed by atoms with Gasteiger partial charge in [-0.25, -0.2) is 4.79 Å². The van der Waals surface area contributed by atoms with E-state index in [0.717, 1.165) is 0 Å². The fourth-order valence-corrected chi connectivity index (χ4v) is 2.69. The maximum Gasteiger partial charge on any atom is 0.330 e. The van der Waals surface area contributed by atoms with Gasteiger partial charge in [-0.1, -0.05) is 0 Å². The predicted molar refractivity (Wildman–Crippen MR) is 106 cm³/mol. The molecule has 0 radical (unpaired) electrons. The van der Waals surface area contributed by atoms with Crippen LogP contribution in [0.15, 0.2) is 18.2 Å². The number of ether oxygens (including phenoxy) is 3. The molecule has 1 rings (SSSR count). The second-order valence-corrected chi connectivity index (χ2v) is 6.59. The van der Waals surface area contributed by atoms with Crippen molar-refractivity contribution in [2.24, 2.45) is 0 Å². The van der Waals surface area contributed by atoms with E-state index in [1.807, 2.05) is 4.90 Å². The minimum atomic E-state index is -0.497. The molecular weight excluding hydrogens is 366 g/mol. The number of benzene rings is 1. The summed E-state index contributed by atoms with van der Waals surface area (Å²) in [5.41, 5.74) is 0.614. The Morgan fingerprint density at radius 3 is 2.11 bits per heavy atom. The Labute approximate surface area is 165 Å². The number of phenolic OH excluding ortho intramolecular Hbond substituents is 1. The second-order valence-electron chi connectivity index (χ2n) is 6.59. The van der Waals surface area contributed by atoms with Gasteiger partial charge >= 0.3 is 5.97 Å². The third-order valence-electron chi connectivity index (χ3n) is 3.82. The summed E-state index contributed by atoms with van der Waals surface area (Å²) in [7, 11) is 2.85. The van der Waals surface area contributed by atoms with E-state index in [2.05, 4.69) is 0 Å². The van der Waals surface area contributed by atoms with Gasteiger partial charge in [0.2, 0.25) is 5.75 Å². The van der Waals surface area contributed by atoms with Crippen molar-refractivity contribution in [3.63, 3.8) is 0 Å². The number of aromatic hydroxyl groups is 1. The van der Waals surface area contributed by atoms with E-state index in [9.17, 15) is 20.1 Å². The SMILES string of the molecule is COc1cc(/C=C/C(=O)OCCCN(CC(C)O)CC(C)O)cc(OC)c1O. The minimum absolute atomic E-state index is 0.108. The van der Waals surface area contributed by atoms with Crippen molar-refractivity contribution in [1.82, 2.24) is 4.90 Å². The van der Waals surface area contributed by atoms with Crippen LogP contribution in [0.25, 0.3) is 6.08 Å². The number of methoxy groups -OCH3 is 2. The molecule has 0 spiro atoms. The monoisotopic (exact) mass is 397 g/mol. The molecule has 2 atom stereocenters. The van der Waals surface area contributed by atoms with Gasteiger partial charge in [-0.15, -0.1) is 0 Å². The van der Waals surface area contributed by atoms with Crippen LogP contribution in [0.1, 0.15) is 25.8 Å². The van der Waals surface area contributed by atoms with E-state index >= 15 is 0 Å². The van der Waals surface area contributed by atoms with Gasteiger partial charge in [0.15, 0.2) is 11.5 Å². The van der Waals surface area contributed by atoms with E-state index in [-0.39, 0.29) is 23.9 Å². The van der Waals surface area contributed by atoms with Crippen molar-refractivity contribution in [2.75, 3.05) is 40.5 Å². The molecule has 0 amide bonds. The first-order valence-electron chi connectivity index (χ1n) is 9.15. The molecule has 1 aromatic rings. The molecule has 8 heteroatoms. The fourth-order valence-electron chi connectivity index (χ4n) is 2.69. The molecule has 0 fully saturated rings. The summed E-state index contributed by atoms with van der Waals surface area (Å²) >= 11 is 0. The molecule has 0 aliphatic carbocycles. The van der Waals surface area contributed by atoms with Gasteiger partial charge in [0.05, 0.1) is 33.0 Å². The second kappa shape index (κ2) is 12.2. The molecule has 0 aromatic heterocycles. The molecule has 0 saturated heterocycles. The van der Waals surface area contributed by atoms with E-state index in [4.69, 9.17) is 14.2 Å². The number of aliphatic hydroxyl groups is 2. The fraction of sp³-hybridized carbons (Fsp3) is 0.550. The highest BCUT2D eigenvalue weighted by atomic mass is 16.5. The molecule has 28 heavy (non-hydrogen) atoms. The number of carbonyl (C=O) groups excluding carboxylic acids is 1. The van der Waals surface area contributed by atoms with Crippen molar-refractivity contribution in [1.29, 1.82) is 0 Å². The lowest BCUT2D eigenvalue weighted by Gasteiger charge is -2.24. The lowest BCUT2D eigenvalue weighted by Crippen LogP contribution is -2.37. The standard InChI is InChI=1S/C20H31NO7/c1-14(22)12-21(13-15(2)23)8-5-9-28-19(24)7-6-16-10-17(26-3)20(25)18(11-16)27-4/h6-7,10-11,14-15,22-23,25H,5,8-9,12-13H2,1-4H3/b7-6+. The number of rotatable bonds is 12. The zero-order valence-electron chi connectivity index (χ0n) is 16.9. The van der Waals surface area contributed by atoms with E-state index in [1.165, 1.54) is 20.3 Å². The molecule has 158 valence electrons. The largest absolute Gasteiger partial charge is 0.502 e. The summed E-state index contributed by atoms with van der Waals surface area (Å²) in [5.74, 6) is -0.125. The van der Waals surface area contributed by atoms with Crippen molar-refractivity contribution < 1.29 is 34.3 Å². The summed E-state index contributed by atoms with van der Waals surface area (Å²) in [6, 6.07) is 3.15. The Hall–Kier alpha value is -2.29. The quantitative estimate of drug-likeness (QED) is 0.276. The Morgan fingerprint density at radius 1 is 1.11 bits per heavy atom. The zero-order valence-corrected chi connectivity index (χ0v) is 16.9. The van der Waals surface area contributed by atoms with Crippen LogP contribution in [-0.2, 0) is 9.53 Å². The Morgan fingerprint density at radius 2 is 1.64 bits per heavy atom.